The first-order chi connectivity index (χ1) is 12.3. The van der Waals surface area contributed by atoms with E-state index in [1.54, 1.807) is 37.9 Å². The van der Waals surface area contributed by atoms with Crippen LogP contribution in [0.3, 0.4) is 0 Å². The highest BCUT2D eigenvalue weighted by Crippen LogP contribution is 2.25. The van der Waals surface area contributed by atoms with Gasteiger partial charge in [0, 0.05) is 24.5 Å². The topological polar surface area (TPSA) is 73.6 Å². The molecule has 0 saturated heterocycles. The standard InChI is InChI=1S/C19H18N2O4/c1-23-17-5-2-3-6-18(17)25-13-19(22)21-11-14-9-15(12-20-10-14)16-7-4-8-24-16/h2-10,12H,11,13H2,1H3,(H,21,22). The van der Waals surface area contributed by atoms with Crippen molar-refractivity contribution in [1.82, 2.24) is 10.3 Å². The van der Waals surface area contributed by atoms with E-state index >= 15 is 0 Å². The summed E-state index contributed by atoms with van der Waals surface area (Å²) in [4.78, 5) is 16.2. The molecule has 0 aliphatic rings. The van der Waals surface area contributed by atoms with Crippen molar-refractivity contribution >= 4 is 5.91 Å². The Labute approximate surface area is 145 Å². The van der Waals surface area contributed by atoms with Gasteiger partial charge in [0.25, 0.3) is 5.91 Å². The fourth-order valence-electron chi connectivity index (χ4n) is 2.29. The third-order valence-electron chi connectivity index (χ3n) is 3.52. The normalized spacial score (nSPS) is 10.3. The summed E-state index contributed by atoms with van der Waals surface area (Å²) in [6.07, 6.45) is 5.03. The third-order valence-corrected chi connectivity index (χ3v) is 3.52. The number of benzene rings is 1. The van der Waals surface area contributed by atoms with Gasteiger partial charge in [-0.05, 0) is 35.9 Å². The van der Waals surface area contributed by atoms with E-state index in [0.717, 1.165) is 16.9 Å². The van der Waals surface area contributed by atoms with E-state index in [1.165, 1.54) is 0 Å². The van der Waals surface area contributed by atoms with E-state index in [2.05, 4.69) is 10.3 Å². The van der Waals surface area contributed by atoms with Crippen molar-refractivity contribution in [3.05, 3.63) is 66.7 Å². The van der Waals surface area contributed by atoms with Crippen LogP contribution in [0.2, 0.25) is 0 Å². The molecule has 6 nitrogen and oxygen atoms in total. The van der Waals surface area contributed by atoms with Crippen molar-refractivity contribution in [3.8, 4) is 22.8 Å². The van der Waals surface area contributed by atoms with Crippen LogP contribution in [0.1, 0.15) is 5.56 Å². The molecule has 0 spiro atoms. The fourth-order valence-corrected chi connectivity index (χ4v) is 2.29. The van der Waals surface area contributed by atoms with Crippen LogP contribution in [0.5, 0.6) is 11.5 Å². The van der Waals surface area contributed by atoms with Gasteiger partial charge in [0.15, 0.2) is 18.1 Å². The van der Waals surface area contributed by atoms with Crippen LogP contribution in [0.15, 0.2) is 65.5 Å². The predicted octanol–water partition coefficient (Wildman–Crippen LogP) is 3.05. The Morgan fingerprint density at radius 3 is 2.76 bits per heavy atom. The van der Waals surface area contributed by atoms with Crippen LogP contribution in [-0.4, -0.2) is 24.6 Å². The SMILES string of the molecule is COc1ccccc1OCC(=O)NCc1cncc(-c2ccco2)c1. The lowest BCUT2D eigenvalue weighted by Crippen LogP contribution is -2.28. The van der Waals surface area contributed by atoms with Crippen LogP contribution < -0.4 is 14.8 Å². The Kier molecular flexibility index (Phi) is 5.31. The number of amides is 1. The third kappa shape index (κ3) is 4.38. The Morgan fingerprint density at radius 1 is 1.16 bits per heavy atom. The molecular formula is C19H18N2O4. The molecule has 3 rings (SSSR count). The molecule has 6 heteroatoms. The van der Waals surface area contributed by atoms with Gasteiger partial charge in [0.2, 0.25) is 0 Å². The Hall–Kier alpha value is -3.28. The lowest BCUT2D eigenvalue weighted by atomic mass is 10.1. The molecule has 0 radical (unpaired) electrons. The first kappa shape index (κ1) is 16.6. The van der Waals surface area contributed by atoms with Crippen LogP contribution in [0, 0.1) is 0 Å². The number of pyridine rings is 1. The highest BCUT2D eigenvalue weighted by molar-refractivity contribution is 5.77. The molecule has 0 fully saturated rings. The van der Waals surface area contributed by atoms with Gasteiger partial charge in [-0.1, -0.05) is 12.1 Å². The second-order valence-corrected chi connectivity index (χ2v) is 5.28. The lowest BCUT2D eigenvalue weighted by molar-refractivity contribution is -0.123. The molecule has 25 heavy (non-hydrogen) atoms. The molecule has 1 N–H and O–H groups in total. The van der Waals surface area contributed by atoms with Gasteiger partial charge in [0.1, 0.15) is 5.76 Å². The number of methoxy groups -OCH3 is 1. The van der Waals surface area contributed by atoms with Gasteiger partial charge in [-0.15, -0.1) is 0 Å². The first-order valence-electron chi connectivity index (χ1n) is 7.76. The van der Waals surface area contributed by atoms with E-state index in [4.69, 9.17) is 13.9 Å². The lowest BCUT2D eigenvalue weighted by Gasteiger charge is -2.10. The molecule has 0 aliphatic heterocycles. The highest BCUT2D eigenvalue weighted by atomic mass is 16.5. The molecule has 0 saturated carbocycles. The second kappa shape index (κ2) is 8.01. The summed E-state index contributed by atoms with van der Waals surface area (Å²) in [5.41, 5.74) is 1.74. The number of carbonyl (C=O) groups excluding carboxylic acids is 1. The van der Waals surface area contributed by atoms with Gasteiger partial charge in [0.05, 0.1) is 13.4 Å². The molecule has 3 aromatic rings. The molecule has 0 unspecified atom stereocenters. The van der Waals surface area contributed by atoms with E-state index in [0.29, 0.717) is 18.0 Å². The van der Waals surface area contributed by atoms with Crippen LogP contribution >= 0.6 is 0 Å². The van der Waals surface area contributed by atoms with Crippen molar-refractivity contribution in [2.75, 3.05) is 13.7 Å². The highest BCUT2D eigenvalue weighted by Gasteiger charge is 2.08. The minimum Gasteiger partial charge on any atom is -0.493 e. The van der Waals surface area contributed by atoms with Crippen LogP contribution in [0.4, 0.5) is 0 Å². The van der Waals surface area contributed by atoms with Crippen molar-refractivity contribution in [2.45, 2.75) is 6.54 Å². The smallest absolute Gasteiger partial charge is 0.258 e. The number of aromatic nitrogens is 1. The minimum atomic E-state index is -0.227. The van der Waals surface area contributed by atoms with Crippen molar-refractivity contribution in [2.24, 2.45) is 0 Å². The summed E-state index contributed by atoms with van der Waals surface area (Å²) in [6, 6.07) is 12.8. The van der Waals surface area contributed by atoms with Gasteiger partial charge >= 0.3 is 0 Å². The predicted molar refractivity (Wildman–Crippen MR) is 92.3 cm³/mol. The molecule has 0 aliphatic carbocycles. The minimum absolute atomic E-state index is 0.0916. The number of nitrogens with one attached hydrogen (secondary N) is 1. The van der Waals surface area contributed by atoms with Crippen molar-refractivity contribution in [1.29, 1.82) is 0 Å². The fraction of sp³-hybridized carbons (Fsp3) is 0.158. The molecular weight excluding hydrogens is 320 g/mol. The molecule has 128 valence electrons. The van der Waals surface area contributed by atoms with Crippen molar-refractivity contribution in [3.63, 3.8) is 0 Å². The molecule has 2 aromatic heterocycles. The number of nitrogens with zero attached hydrogens (tertiary/aromatic N) is 1. The number of furan rings is 1. The summed E-state index contributed by atoms with van der Waals surface area (Å²) in [7, 11) is 1.56. The monoisotopic (exact) mass is 338 g/mol. The maximum atomic E-state index is 12.0. The zero-order valence-corrected chi connectivity index (χ0v) is 13.8. The maximum Gasteiger partial charge on any atom is 0.258 e. The number of hydrogen-bond acceptors (Lipinski definition) is 5. The number of ether oxygens (including phenoxy) is 2. The van der Waals surface area contributed by atoms with Crippen LogP contribution in [0.25, 0.3) is 11.3 Å². The summed E-state index contributed by atoms with van der Waals surface area (Å²) >= 11 is 0. The van der Waals surface area contributed by atoms with Gasteiger partial charge in [-0.3, -0.25) is 9.78 Å². The second-order valence-electron chi connectivity index (χ2n) is 5.28. The summed E-state index contributed by atoms with van der Waals surface area (Å²) < 4.78 is 16.0. The van der Waals surface area contributed by atoms with Gasteiger partial charge in [-0.2, -0.15) is 0 Å². The Balaban J connectivity index is 1.53. The van der Waals surface area contributed by atoms with E-state index in [-0.39, 0.29) is 12.5 Å². The molecule has 1 aromatic carbocycles. The molecule has 0 bridgehead atoms. The Bertz CT molecular complexity index is 831. The average Bonchev–Trinajstić information content (AvgIpc) is 3.20. The number of hydrogen-bond donors (Lipinski definition) is 1. The summed E-state index contributed by atoms with van der Waals surface area (Å²) in [5.74, 6) is 1.63. The zero-order valence-electron chi connectivity index (χ0n) is 13.8. The van der Waals surface area contributed by atoms with E-state index in [9.17, 15) is 4.79 Å². The van der Waals surface area contributed by atoms with E-state index < -0.39 is 0 Å². The molecule has 1 amide bonds. The molecule has 2 heterocycles. The number of para-hydroxylation sites is 2. The molecule has 0 atom stereocenters. The number of carbonyl (C=O) groups is 1. The largest absolute Gasteiger partial charge is 0.493 e. The van der Waals surface area contributed by atoms with Gasteiger partial charge in [-0.25, -0.2) is 0 Å². The Morgan fingerprint density at radius 2 is 2.00 bits per heavy atom. The average molecular weight is 338 g/mol. The zero-order chi connectivity index (χ0) is 17.5. The quantitative estimate of drug-likeness (QED) is 0.717. The summed E-state index contributed by atoms with van der Waals surface area (Å²) in [5, 5.41) is 2.80. The summed E-state index contributed by atoms with van der Waals surface area (Å²) in [6.45, 7) is 0.265. The van der Waals surface area contributed by atoms with Crippen molar-refractivity contribution < 1.29 is 18.7 Å². The maximum absolute atomic E-state index is 12.0. The number of rotatable bonds is 7. The van der Waals surface area contributed by atoms with E-state index in [1.807, 2.05) is 30.3 Å². The first-order valence-corrected chi connectivity index (χ1v) is 7.76. The van der Waals surface area contributed by atoms with Gasteiger partial charge < -0.3 is 19.2 Å². The van der Waals surface area contributed by atoms with Crippen LogP contribution in [-0.2, 0) is 11.3 Å².